The zero-order valence-electron chi connectivity index (χ0n) is 20.2. The zero-order chi connectivity index (χ0) is 25.3. The molecule has 4 rings (SSSR count). The van der Waals surface area contributed by atoms with Gasteiger partial charge >= 0.3 is 0 Å². The van der Waals surface area contributed by atoms with Crippen LogP contribution in [-0.2, 0) is 6.42 Å². The number of benzene rings is 3. The predicted molar refractivity (Wildman–Crippen MR) is 139 cm³/mol. The molecular formula is C28H31N3O5. The molecule has 1 aliphatic rings. The second-order valence-electron chi connectivity index (χ2n) is 8.93. The van der Waals surface area contributed by atoms with E-state index in [2.05, 4.69) is 9.80 Å². The molecule has 0 aromatic heterocycles. The van der Waals surface area contributed by atoms with Crippen molar-refractivity contribution in [1.82, 2.24) is 4.90 Å². The molecule has 3 aromatic carbocycles. The molecule has 0 amide bonds. The molecule has 1 atom stereocenters. The molecule has 36 heavy (non-hydrogen) atoms. The molecule has 1 saturated heterocycles. The van der Waals surface area contributed by atoms with Crippen molar-refractivity contribution in [2.45, 2.75) is 18.9 Å². The van der Waals surface area contributed by atoms with Crippen LogP contribution in [0.2, 0.25) is 0 Å². The van der Waals surface area contributed by atoms with Crippen LogP contribution in [0.4, 0.5) is 11.4 Å². The summed E-state index contributed by atoms with van der Waals surface area (Å²) in [6.07, 6.45) is 0.373. The number of nitrogens with zero attached hydrogens (tertiary/aromatic N) is 3. The number of carbonyl (C=O) groups is 1. The third-order valence-corrected chi connectivity index (χ3v) is 6.37. The second-order valence-corrected chi connectivity index (χ2v) is 8.93. The summed E-state index contributed by atoms with van der Waals surface area (Å²) in [4.78, 5) is 27.6. The first kappa shape index (κ1) is 25.3. The first-order valence-electron chi connectivity index (χ1n) is 12.2. The lowest BCUT2D eigenvalue weighted by Gasteiger charge is -2.36. The van der Waals surface area contributed by atoms with Crippen LogP contribution in [0.1, 0.15) is 22.3 Å². The van der Waals surface area contributed by atoms with Crippen LogP contribution in [0.15, 0.2) is 78.9 Å². The minimum atomic E-state index is -0.691. The van der Waals surface area contributed by atoms with E-state index < -0.39 is 11.0 Å². The number of piperazine rings is 1. The number of ether oxygens (including phenoxy) is 1. The van der Waals surface area contributed by atoms with Crippen LogP contribution < -0.4 is 9.64 Å². The van der Waals surface area contributed by atoms with Gasteiger partial charge in [-0.3, -0.25) is 19.8 Å². The van der Waals surface area contributed by atoms with E-state index in [1.807, 2.05) is 42.5 Å². The van der Waals surface area contributed by atoms with Crippen LogP contribution in [0, 0.1) is 10.1 Å². The van der Waals surface area contributed by atoms with E-state index in [0.717, 1.165) is 37.4 Å². The standard InChI is InChI=1S/C28H31N3O5/c32-25(20-29-16-18-30(19-17-29)23-11-13-24(14-12-23)31(34)35)21-36-28-9-5-4-8-26(28)27(33)15-10-22-6-2-1-3-7-22/h1-9,11-14,25,32H,10,15-21H2. The zero-order valence-corrected chi connectivity index (χ0v) is 20.2. The van der Waals surface area contributed by atoms with Gasteiger partial charge in [0.15, 0.2) is 5.78 Å². The summed E-state index contributed by atoms with van der Waals surface area (Å²) in [5.74, 6) is 0.518. The average molecular weight is 490 g/mol. The minimum Gasteiger partial charge on any atom is -0.490 e. The topological polar surface area (TPSA) is 96.2 Å². The van der Waals surface area contributed by atoms with Crippen LogP contribution in [0.3, 0.4) is 0 Å². The number of Topliss-reactive ketones (excluding diaryl/α,β-unsaturated/α-hetero) is 1. The molecule has 0 aliphatic carbocycles. The summed E-state index contributed by atoms with van der Waals surface area (Å²) >= 11 is 0. The largest absolute Gasteiger partial charge is 0.490 e. The predicted octanol–water partition coefficient (Wildman–Crippen LogP) is 3.97. The lowest BCUT2D eigenvalue weighted by Crippen LogP contribution is -2.49. The van der Waals surface area contributed by atoms with Crippen molar-refractivity contribution in [3.63, 3.8) is 0 Å². The molecule has 0 saturated carbocycles. The monoisotopic (exact) mass is 489 g/mol. The van der Waals surface area contributed by atoms with E-state index in [1.165, 1.54) is 12.1 Å². The highest BCUT2D eigenvalue weighted by Gasteiger charge is 2.21. The molecule has 0 spiro atoms. The van der Waals surface area contributed by atoms with Crippen LogP contribution in [0.5, 0.6) is 5.75 Å². The normalized spacial score (nSPS) is 14.9. The molecular weight excluding hydrogens is 458 g/mol. The minimum absolute atomic E-state index is 0.0197. The Morgan fingerprint density at radius 1 is 0.944 bits per heavy atom. The van der Waals surface area contributed by atoms with Crippen molar-refractivity contribution >= 4 is 17.2 Å². The van der Waals surface area contributed by atoms with E-state index in [4.69, 9.17) is 4.74 Å². The van der Waals surface area contributed by atoms with Crippen molar-refractivity contribution in [2.24, 2.45) is 0 Å². The van der Waals surface area contributed by atoms with Crippen LogP contribution in [-0.4, -0.2) is 66.1 Å². The Morgan fingerprint density at radius 2 is 1.61 bits per heavy atom. The molecule has 188 valence electrons. The highest BCUT2D eigenvalue weighted by atomic mass is 16.6. The van der Waals surface area contributed by atoms with Gasteiger partial charge in [-0.2, -0.15) is 0 Å². The number of anilines is 1. The maximum Gasteiger partial charge on any atom is 0.269 e. The highest BCUT2D eigenvalue weighted by molar-refractivity contribution is 5.98. The number of hydrogen-bond acceptors (Lipinski definition) is 7. The summed E-state index contributed by atoms with van der Waals surface area (Å²) < 4.78 is 5.87. The first-order chi connectivity index (χ1) is 17.5. The fraction of sp³-hybridized carbons (Fsp3) is 0.321. The molecule has 1 aliphatic heterocycles. The number of non-ortho nitro benzene ring substituents is 1. The number of carbonyl (C=O) groups excluding carboxylic acids is 1. The smallest absolute Gasteiger partial charge is 0.269 e. The summed E-state index contributed by atoms with van der Waals surface area (Å²) in [6, 6.07) is 23.7. The Kier molecular flexibility index (Phi) is 8.65. The number of ketones is 1. The van der Waals surface area contributed by atoms with E-state index in [-0.39, 0.29) is 18.1 Å². The van der Waals surface area contributed by atoms with Crippen molar-refractivity contribution < 1.29 is 19.6 Å². The van der Waals surface area contributed by atoms with E-state index >= 15 is 0 Å². The Morgan fingerprint density at radius 3 is 2.31 bits per heavy atom. The quantitative estimate of drug-likeness (QED) is 0.247. The Balaban J connectivity index is 1.23. The number of β-amino-alcohol motifs (C(OH)–C–C–N with tert-alkyl or cyclic N) is 1. The third kappa shape index (κ3) is 6.90. The Hall–Kier alpha value is -3.75. The lowest BCUT2D eigenvalue weighted by atomic mass is 10.0. The number of nitro groups is 1. The van der Waals surface area contributed by atoms with Gasteiger partial charge in [0.2, 0.25) is 0 Å². The molecule has 0 bridgehead atoms. The molecule has 1 N–H and O–H groups in total. The van der Waals surface area contributed by atoms with Gasteiger partial charge in [0.25, 0.3) is 5.69 Å². The molecule has 3 aromatic rings. The Labute approximate surface area is 210 Å². The van der Waals surface area contributed by atoms with Gasteiger partial charge in [-0.1, -0.05) is 42.5 Å². The van der Waals surface area contributed by atoms with Crippen LogP contribution in [0.25, 0.3) is 0 Å². The second kappa shape index (κ2) is 12.3. The SMILES string of the molecule is O=C(CCc1ccccc1)c1ccccc1OCC(O)CN1CCN(c2ccc([N+](=O)[O-])cc2)CC1. The van der Waals surface area contributed by atoms with Gasteiger partial charge in [0, 0.05) is 57.0 Å². The molecule has 1 heterocycles. The van der Waals surface area contributed by atoms with Crippen molar-refractivity contribution in [3.05, 3.63) is 100 Å². The molecule has 8 heteroatoms. The number of aliphatic hydroxyl groups is 1. The van der Waals surface area contributed by atoms with Crippen LogP contribution >= 0.6 is 0 Å². The van der Waals surface area contributed by atoms with Crippen molar-refractivity contribution in [3.8, 4) is 5.75 Å². The number of hydrogen-bond donors (Lipinski definition) is 1. The fourth-order valence-electron chi connectivity index (χ4n) is 4.37. The first-order valence-corrected chi connectivity index (χ1v) is 12.2. The van der Waals surface area contributed by atoms with Gasteiger partial charge < -0.3 is 14.7 Å². The van der Waals surface area contributed by atoms with Gasteiger partial charge in [-0.15, -0.1) is 0 Å². The lowest BCUT2D eigenvalue weighted by molar-refractivity contribution is -0.384. The highest BCUT2D eigenvalue weighted by Crippen LogP contribution is 2.22. The number of aryl methyl sites for hydroxylation is 1. The van der Waals surface area contributed by atoms with Gasteiger partial charge in [0.05, 0.1) is 10.5 Å². The number of nitro benzene ring substituents is 1. The molecule has 1 fully saturated rings. The summed E-state index contributed by atoms with van der Waals surface area (Å²) in [6.45, 7) is 3.64. The van der Waals surface area contributed by atoms with E-state index in [1.54, 1.807) is 24.3 Å². The average Bonchev–Trinajstić information content (AvgIpc) is 2.92. The number of aliphatic hydroxyl groups excluding tert-OH is 1. The van der Waals surface area contributed by atoms with E-state index in [0.29, 0.717) is 30.7 Å². The summed E-state index contributed by atoms with van der Waals surface area (Å²) in [7, 11) is 0. The maximum absolute atomic E-state index is 12.8. The summed E-state index contributed by atoms with van der Waals surface area (Å²) in [5.41, 5.74) is 2.70. The molecule has 8 nitrogen and oxygen atoms in total. The number of rotatable bonds is 11. The molecule has 1 unspecified atom stereocenters. The number of para-hydroxylation sites is 1. The Bertz CT molecular complexity index is 1150. The van der Waals surface area contributed by atoms with Gasteiger partial charge in [-0.05, 0) is 36.2 Å². The van der Waals surface area contributed by atoms with Crippen molar-refractivity contribution in [2.75, 3.05) is 44.2 Å². The third-order valence-electron chi connectivity index (χ3n) is 6.37. The van der Waals surface area contributed by atoms with Crippen molar-refractivity contribution in [1.29, 1.82) is 0 Å². The fourth-order valence-corrected chi connectivity index (χ4v) is 4.37. The van der Waals surface area contributed by atoms with Gasteiger partial charge in [0.1, 0.15) is 18.5 Å². The summed E-state index contributed by atoms with van der Waals surface area (Å²) in [5, 5.41) is 21.4. The maximum atomic E-state index is 12.8. The molecule has 0 radical (unpaired) electrons. The van der Waals surface area contributed by atoms with E-state index in [9.17, 15) is 20.0 Å². The van der Waals surface area contributed by atoms with Gasteiger partial charge in [-0.25, -0.2) is 0 Å².